The number of rotatable bonds is 3. The van der Waals surface area contributed by atoms with Crippen LogP contribution in [0.3, 0.4) is 0 Å². The fourth-order valence-electron chi connectivity index (χ4n) is 3.20. The standard InChI is InChI=1S/C18H18N2O4S/c1-19-17(22)15-10-5-4-8-14(10)25-18(15)20-16(21)13-9-23-11-6-2-3-7-12(11)24-13/h2-3,6-7,13H,4-5,8-9H2,1H3,(H,19,22)(H,20,21)/t13-/m0/s1. The van der Waals surface area contributed by atoms with E-state index in [9.17, 15) is 9.59 Å². The van der Waals surface area contributed by atoms with Gasteiger partial charge in [-0.1, -0.05) is 12.1 Å². The van der Waals surface area contributed by atoms with Gasteiger partial charge in [-0.15, -0.1) is 11.3 Å². The van der Waals surface area contributed by atoms with Crippen LogP contribution in [0.4, 0.5) is 5.00 Å². The number of para-hydroxylation sites is 2. The summed E-state index contributed by atoms with van der Waals surface area (Å²) in [5.41, 5.74) is 1.65. The van der Waals surface area contributed by atoms with Gasteiger partial charge in [0.15, 0.2) is 11.5 Å². The van der Waals surface area contributed by atoms with Gasteiger partial charge in [-0.25, -0.2) is 0 Å². The molecule has 1 aromatic carbocycles. The maximum Gasteiger partial charge on any atom is 0.269 e. The molecular formula is C18H18N2O4S. The topological polar surface area (TPSA) is 76.7 Å². The van der Waals surface area contributed by atoms with Crippen molar-refractivity contribution in [2.45, 2.75) is 25.4 Å². The zero-order chi connectivity index (χ0) is 17.4. The van der Waals surface area contributed by atoms with E-state index in [2.05, 4.69) is 10.6 Å². The largest absolute Gasteiger partial charge is 0.485 e. The maximum atomic E-state index is 12.6. The number of benzene rings is 1. The quantitative estimate of drug-likeness (QED) is 0.883. The van der Waals surface area contributed by atoms with Crippen LogP contribution in [-0.2, 0) is 17.6 Å². The molecule has 2 heterocycles. The number of fused-ring (bicyclic) bond motifs is 2. The van der Waals surface area contributed by atoms with Crippen LogP contribution in [0.2, 0.25) is 0 Å². The SMILES string of the molecule is CNC(=O)c1c(NC(=O)[C@@H]2COc3ccccc3O2)sc2c1CCC2. The van der Waals surface area contributed by atoms with Crippen molar-refractivity contribution in [2.75, 3.05) is 19.0 Å². The van der Waals surface area contributed by atoms with Gasteiger partial charge in [-0.3, -0.25) is 9.59 Å². The molecule has 0 fully saturated rings. The highest BCUT2D eigenvalue weighted by Gasteiger charge is 2.31. The summed E-state index contributed by atoms with van der Waals surface area (Å²) >= 11 is 1.48. The molecule has 1 aliphatic carbocycles. The number of ether oxygens (including phenoxy) is 2. The molecule has 0 saturated heterocycles. The average molecular weight is 358 g/mol. The van der Waals surface area contributed by atoms with Crippen LogP contribution in [0.1, 0.15) is 27.2 Å². The monoisotopic (exact) mass is 358 g/mol. The number of hydrogen-bond acceptors (Lipinski definition) is 5. The Labute approximate surface area is 149 Å². The Morgan fingerprint density at radius 1 is 1.20 bits per heavy atom. The second-order valence-corrected chi connectivity index (χ2v) is 7.10. The van der Waals surface area contributed by atoms with E-state index in [0.717, 1.165) is 24.8 Å². The summed E-state index contributed by atoms with van der Waals surface area (Å²) in [6, 6.07) is 7.25. The molecule has 1 aliphatic heterocycles. The maximum absolute atomic E-state index is 12.6. The summed E-state index contributed by atoms with van der Waals surface area (Å²) in [7, 11) is 1.60. The van der Waals surface area contributed by atoms with Crippen molar-refractivity contribution in [2.24, 2.45) is 0 Å². The highest BCUT2D eigenvalue weighted by molar-refractivity contribution is 7.17. The van der Waals surface area contributed by atoms with E-state index in [1.165, 1.54) is 16.2 Å². The molecule has 25 heavy (non-hydrogen) atoms. The molecule has 4 rings (SSSR count). The van der Waals surface area contributed by atoms with Gasteiger partial charge >= 0.3 is 0 Å². The minimum Gasteiger partial charge on any atom is -0.485 e. The molecule has 7 heteroatoms. The van der Waals surface area contributed by atoms with Crippen molar-refractivity contribution in [1.82, 2.24) is 5.32 Å². The number of aryl methyl sites for hydroxylation is 1. The van der Waals surface area contributed by atoms with Crippen molar-refractivity contribution >= 4 is 28.2 Å². The lowest BCUT2D eigenvalue weighted by Gasteiger charge is -2.25. The Hall–Kier alpha value is -2.54. The summed E-state index contributed by atoms with van der Waals surface area (Å²) in [4.78, 5) is 26.1. The first-order valence-corrected chi connectivity index (χ1v) is 9.05. The smallest absolute Gasteiger partial charge is 0.269 e. The molecule has 1 aromatic heterocycles. The minimum absolute atomic E-state index is 0.142. The van der Waals surface area contributed by atoms with Crippen LogP contribution in [0.15, 0.2) is 24.3 Å². The van der Waals surface area contributed by atoms with Gasteiger partial charge < -0.3 is 20.1 Å². The predicted molar refractivity (Wildman–Crippen MR) is 94.7 cm³/mol. The molecule has 2 aliphatic rings. The van der Waals surface area contributed by atoms with Crippen LogP contribution < -0.4 is 20.1 Å². The zero-order valence-corrected chi connectivity index (χ0v) is 14.6. The van der Waals surface area contributed by atoms with E-state index in [1.807, 2.05) is 12.1 Å². The van der Waals surface area contributed by atoms with Crippen LogP contribution in [-0.4, -0.2) is 31.6 Å². The molecule has 0 spiro atoms. The molecule has 0 saturated carbocycles. The first-order valence-electron chi connectivity index (χ1n) is 8.23. The van der Waals surface area contributed by atoms with Crippen molar-refractivity contribution in [3.8, 4) is 11.5 Å². The van der Waals surface area contributed by atoms with Gasteiger partial charge in [0.25, 0.3) is 11.8 Å². The van der Waals surface area contributed by atoms with Crippen LogP contribution in [0.25, 0.3) is 0 Å². The van der Waals surface area contributed by atoms with Crippen LogP contribution in [0.5, 0.6) is 11.5 Å². The van der Waals surface area contributed by atoms with E-state index in [-0.39, 0.29) is 18.4 Å². The Morgan fingerprint density at radius 3 is 2.80 bits per heavy atom. The molecule has 2 N–H and O–H groups in total. The molecule has 0 radical (unpaired) electrons. The second-order valence-electron chi connectivity index (χ2n) is 5.99. The molecule has 1 atom stereocenters. The molecule has 0 unspecified atom stereocenters. The normalized spacial score (nSPS) is 17.7. The Kier molecular flexibility index (Phi) is 4.09. The fourth-order valence-corrected chi connectivity index (χ4v) is 4.49. The third-order valence-electron chi connectivity index (χ3n) is 4.41. The van der Waals surface area contributed by atoms with Gasteiger partial charge in [-0.2, -0.15) is 0 Å². The zero-order valence-electron chi connectivity index (χ0n) is 13.8. The Bertz CT molecular complexity index is 846. The van der Waals surface area contributed by atoms with E-state index in [1.54, 1.807) is 19.2 Å². The van der Waals surface area contributed by atoms with Crippen LogP contribution >= 0.6 is 11.3 Å². The lowest BCUT2D eigenvalue weighted by Crippen LogP contribution is -2.40. The number of anilines is 1. The molecule has 0 bridgehead atoms. The van der Waals surface area contributed by atoms with E-state index >= 15 is 0 Å². The van der Waals surface area contributed by atoms with Gasteiger partial charge in [0, 0.05) is 11.9 Å². The summed E-state index contributed by atoms with van der Waals surface area (Å²) in [6.45, 7) is 0.142. The van der Waals surface area contributed by atoms with Crippen molar-refractivity contribution in [3.63, 3.8) is 0 Å². The second kappa shape index (κ2) is 6.40. The molecule has 2 aromatic rings. The number of amides is 2. The third-order valence-corrected chi connectivity index (χ3v) is 5.62. The predicted octanol–water partition coefficient (Wildman–Crippen LogP) is 2.37. The summed E-state index contributed by atoms with van der Waals surface area (Å²) in [6.07, 6.45) is 2.14. The number of hydrogen-bond donors (Lipinski definition) is 2. The third kappa shape index (κ3) is 2.84. The first-order chi connectivity index (χ1) is 12.2. The van der Waals surface area contributed by atoms with Crippen molar-refractivity contribution < 1.29 is 19.1 Å². The fraction of sp³-hybridized carbons (Fsp3) is 0.333. The van der Waals surface area contributed by atoms with Crippen LogP contribution in [0, 0.1) is 0 Å². The molecular weight excluding hydrogens is 340 g/mol. The minimum atomic E-state index is -0.746. The molecule has 130 valence electrons. The van der Waals surface area contributed by atoms with E-state index in [0.29, 0.717) is 22.1 Å². The van der Waals surface area contributed by atoms with Gasteiger partial charge in [0.2, 0.25) is 6.10 Å². The summed E-state index contributed by atoms with van der Waals surface area (Å²) in [5, 5.41) is 6.13. The van der Waals surface area contributed by atoms with Gasteiger partial charge in [0.1, 0.15) is 11.6 Å². The van der Waals surface area contributed by atoms with E-state index < -0.39 is 6.10 Å². The van der Waals surface area contributed by atoms with Gasteiger partial charge in [-0.05, 0) is 37.0 Å². The number of carbonyl (C=O) groups is 2. The van der Waals surface area contributed by atoms with Crippen molar-refractivity contribution in [1.29, 1.82) is 0 Å². The summed E-state index contributed by atoms with van der Waals surface area (Å²) < 4.78 is 11.3. The summed E-state index contributed by atoms with van der Waals surface area (Å²) in [5.74, 6) is 0.710. The molecule has 6 nitrogen and oxygen atoms in total. The lowest BCUT2D eigenvalue weighted by molar-refractivity contribution is -0.125. The number of thiophene rings is 1. The van der Waals surface area contributed by atoms with Gasteiger partial charge in [0.05, 0.1) is 5.56 Å². The highest BCUT2D eigenvalue weighted by atomic mass is 32.1. The number of nitrogens with one attached hydrogen (secondary N) is 2. The highest BCUT2D eigenvalue weighted by Crippen LogP contribution is 2.39. The Balaban J connectivity index is 1.55. The molecule has 2 amide bonds. The van der Waals surface area contributed by atoms with Crippen molar-refractivity contribution in [3.05, 3.63) is 40.3 Å². The Morgan fingerprint density at radius 2 is 2.00 bits per heavy atom. The number of carbonyl (C=O) groups excluding carboxylic acids is 2. The van der Waals surface area contributed by atoms with E-state index in [4.69, 9.17) is 9.47 Å². The average Bonchev–Trinajstić information content (AvgIpc) is 3.21. The lowest BCUT2D eigenvalue weighted by atomic mass is 10.1. The first kappa shape index (κ1) is 16.0.